The van der Waals surface area contributed by atoms with Gasteiger partial charge in [-0.1, -0.05) is 15.9 Å². The SMILES string of the molecule is COc1ccc(Br)cc1/C=C/C(=O)OCC(=O)Nc1ccc(C(N)=O)cc1. The third kappa shape index (κ3) is 6.27. The summed E-state index contributed by atoms with van der Waals surface area (Å²) in [5, 5.41) is 2.54. The lowest BCUT2D eigenvalue weighted by Crippen LogP contribution is -2.20. The van der Waals surface area contributed by atoms with Crippen LogP contribution in [0.5, 0.6) is 5.75 Å². The number of hydrogen-bond acceptors (Lipinski definition) is 5. The number of ether oxygens (including phenoxy) is 2. The molecule has 2 aromatic rings. The Morgan fingerprint density at radius 3 is 2.48 bits per heavy atom. The van der Waals surface area contributed by atoms with E-state index in [0.29, 0.717) is 22.6 Å². The number of anilines is 1. The highest BCUT2D eigenvalue weighted by molar-refractivity contribution is 9.10. The summed E-state index contributed by atoms with van der Waals surface area (Å²) < 4.78 is 10.9. The molecule has 2 aromatic carbocycles. The highest BCUT2D eigenvalue weighted by Gasteiger charge is 2.07. The van der Waals surface area contributed by atoms with Crippen molar-refractivity contribution in [3.63, 3.8) is 0 Å². The van der Waals surface area contributed by atoms with E-state index in [1.54, 1.807) is 12.1 Å². The fourth-order valence-corrected chi connectivity index (χ4v) is 2.47. The largest absolute Gasteiger partial charge is 0.496 e. The minimum Gasteiger partial charge on any atom is -0.496 e. The van der Waals surface area contributed by atoms with Gasteiger partial charge in [0.25, 0.3) is 5.91 Å². The van der Waals surface area contributed by atoms with E-state index < -0.39 is 24.4 Å². The Labute approximate surface area is 164 Å². The maximum atomic E-state index is 11.8. The quantitative estimate of drug-likeness (QED) is 0.516. The Bertz CT molecular complexity index is 878. The summed E-state index contributed by atoms with van der Waals surface area (Å²) in [5.41, 5.74) is 6.61. The molecule has 0 heterocycles. The lowest BCUT2D eigenvalue weighted by atomic mass is 10.2. The minimum absolute atomic E-state index is 0.326. The summed E-state index contributed by atoms with van der Waals surface area (Å²) >= 11 is 3.34. The standard InChI is InChI=1S/C19H17BrN2O5/c1-26-16-8-5-14(20)10-13(16)4-9-18(24)27-11-17(23)22-15-6-2-12(3-7-15)19(21)25/h2-10H,11H2,1H3,(H2,21,25)(H,22,23)/b9-4+. The van der Waals surface area contributed by atoms with Crippen molar-refractivity contribution in [3.8, 4) is 5.75 Å². The molecule has 0 aliphatic rings. The Hall–Kier alpha value is -3.13. The van der Waals surface area contributed by atoms with E-state index in [2.05, 4.69) is 21.2 Å². The number of benzene rings is 2. The molecule has 0 saturated heterocycles. The van der Waals surface area contributed by atoms with Gasteiger partial charge in [-0.3, -0.25) is 9.59 Å². The normalized spacial score (nSPS) is 10.4. The van der Waals surface area contributed by atoms with Crippen molar-refractivity contribution in [1.29, 1.82) is 0 Å². The van der Waals surface area contributed by atoms with Gasteiger partial charge in [-0.2, -0.15) is 0 Å². The maximum Gasteiger partial charge on any atom is 0.331 e. The summed E-state index contributed by atoms with van der Waals surface area (Å²) in [7, 11) is 1.53. The summed E-state index contributed by atoms with van der Waals surface area (Å²) in [5.74, 6) is -1.14. The second-order valence-corrected chi connectivity index (χ2v) is 6.23. The third-order valence-corrected chi connectivity index (χ3v) is 3.88. The number of rotatable bonds is 7. The van der Waals surface area contributed by atoms with E-state index in [-0.39, 0.29) is 0 Å². The molecule has 8 heteroatoms. The second-order valence-electron chi connectivity index (χ2n) is 5.32. The summed E-state index contributed by atoms with van der Waals surface area (Å²) in [6, 6.07) is 11.4. The average molecular weight is 433 g/mol. The molecule has 0 aliphatic carbocycles. The zero-order valence-corrected chi connectivity index (χ0v) is 16.0. The number of hydrogen-bond donors (Lipinski definition) is 2. The van der Waals surface area contributed by atoms with Gasteiger partial charge in [0.2, 0.25) is 5.91 Å². The molecule has 0 atom stereocenters. The van der Waals surface area contributed by atoms with Gasteiger partial charge in [-0.25, -0.2) is 4.79 Å². The van der Waals surface area contributed by atoms with Crippen LogP contribution in [0.3, 0.4) is 0 Å². The molecule has 0 fully saturated rings. The molecule has 2 rings (SSSR count). The number of esters is 1. The molecule has 7 nitrogen and oxygen atoms in total. The maximum absolute atomic E-state index is 11.8. The van der Waals surface area contributed by atoms with Crippen molar-refractivity contribution in [2.75, 3.05) is 19.0 Å². The number of amides is 2. The fourth-order valence-electron chi connectivity index (χ4n) is 2.09. The molecule has 2 amide bonds. The molecule has 0 saturated carbocycles. The van der Waals surface area contributed by atoms with E-state index in [1.165, 1.54) is 43.5 Å². The lowest BCUT2D eigenvalue weighted by molar-refractivity contribution is -0.142. The molecule has 3 N–H and O–H groups in total. The predicted molar refractivity (Wildman–Crippen MR) is 104 cm³/mol. The smallest absolute Gasteiger partial charge is 0.331 e. The summed E-state index contributed by atoms with van der Waals surface area (Å²) in [6.07, 6.45) is 2.74. The number of carbonyl (C=O) groups excluding carboxylic acids is 3. The third-order valence-electron chi connectivity index (χ3n) is 3.39. The zero-order chi connectivity index (χ0) is 19.8. The van der Waals surface area contributed by atoms with Crippen molar-refractivity contribution in [1.82, 2.24) is 0 Å². The van der Waals surface area contributed by atoms with E-state index >= 15 is 0 Å². The van der Waals surface area contributed by atoms with Gasteiger partial charge in [0.05, 0.1) is 7.11 Å². The Kier molecular flexibility index (Phi) is 7.13. The molecule has 0 unspecified atom stereocenters. The van der Waals surface area contributed by atoms with Crippen LogP contribution in [0.4, 0.5) is 5.69 Å². The van der Waals surface area contributed by atoms with E-state index in [9.17, 15) is 14.4 Å². The fraction of sp³-hybridized carbons (Fsp3) is 0.105. The molecular weight excluding hydrogens is 416 g/mol. The van der Waals surface area contributed by atoms with Crippen molar-refractivity contribution >= 4 is 45.5 Å². The molecule has 0 aromatic heterocycles. The molecule has 140 valence electrons. The van der Waals surface area contributed by atoms with Crippen LogP contribution in [-0.2, 0) is 14.3 Å². The minimum atomic E-state index is -0.670. The van der Waals surface area contributed by atoms with Crippen LogP contribution in [0, 0.1) is 0 Å². The van der Waals surface area contributed by atoms with Crippen molar-refractivity contribution in [2.45, 2.75) is 0 Å². The predicted octanol–water partition coefficient (Wildman–Crippen LogP) is 2.75. The van der Waals surface area contributed by atoms with Gasteiger partial charge in [0.15, 0.2) is 6.61 Å². The number of primary amides is 1. The van der Waals surface area contributed by atoms with E-state index in [4.69, 9.17) is 15.2 Å². The van der Waals surface area contributed by atoms with Crippen LogP contribution in [0.15, 0.2) is 53.0 Å². The van der Waals surface area contributed by atoms with Crippen LogP contribution in [0.2, 0.25) is 0 Å². The highest BCUT2D eigenvalue weighted by atomic mass is 79.9. The first kappa shape index (κ1) is 20.2. The number of methoxy groups -OCH3 is 1. The topological polar surface area (TPSA) is 108 Å². The summed E-state index contributed by atoms with van der Waals surface area (Å²) in [4.78, 5) is 34.6. The van der Waals surface area contributed by atoms with Crippen molar-refractivity contribution in [3.05, 3.63) is 64.1 Å². The first-order valence-corrected chi connectivity index (χ1v) is 8.56. The van der Waals surface area contributed by atoms with Crippen LogP contribution in [-0.4, -0.2) is 31.5 Å². The number of nitrogens with two attached hydrogens (primary N) is 1. The molecule has 0 spiro atoms. The first-order valence-electron chi connectivity index (χ1n) is 7.77. The van der Waals surface area contributed by atoms with Gasteiger partial charge in [0, 0.05) is 27.4 Å². The highest BCUT2D eigenvalue weighted by Crippen LogP contribution is 2.24. The zero-order valence-electron chi connectivity index (χ0n) is 14.4. The Morgan fingerprint density at radius 2 is 1.85 bits per heavy atom. The Morgan fingerprint density at radius 1 is 1.15 bits per heavy atom. The monoisotopic (exact) mass is 432 g/mol. The molecule has 27 heavy (non-hydrogen) atoms. The van der Waals surface area contributed by atoms with Crippen molar-refractivity contribution in [2.24, 2.45) is 5.73 Å². The molecular formula is C19H17BrN2O5. The van der Waals surface area contributed by atoms with Crippen LogP contribution >= 0.6 is 15.9 Å². The average Bonchev–Trinajstić information content (AvgIpc) is 2.65. The number of halogens is 1. The van der Waals surface area contributed by atoms with E-state index in [1.807, 2.05) is 6.07 Å². The molecule has 0 bridgehead atoms. The number of nitrogens with one attached hydrogen (secondary N) is 1. The van der Waals surface area contributed by atoms with Gasteiger partial charge < -0.3 is 20.5 Å². The van der Waals surface area contributed by atoms with Gasteiger partial charge in [0.1, 0.15) is 5.75 Å². The van der Waals surface area contributed by atoms with Crippen LogP contribution in [0.1, 0.15) is 15.9 Å². The molecule has 0 radical (unpaired) electrons. The van der Waals surface area contributed by atoms with Gasteiger partial charge >= 0.3 is 5.97 Å². The van der Waals surface area contributed by atoms with Crippen LogP contribution in [0.25, 0.3) is 6.08 Å². The molecule has 0 aliphatic heterocycles. The second kappa shape index (κ2) is 9.54. The van der Waals surface area contributed by atoms with Gasteiger partial charge in [-0.15, -0.1) is 0 Å². The van der Waals surface area contributed by atoms with Gasteiger partial charge in [-0.05, 0) is 48.5 Å². The first-order chi connectivity index (χ1) is 12.9. The Balaban J connectivity index is 1.87. The van der Waals surface area contributed by atoms with Crippen molar-refractivity contribution < 1.29 is 23.9 Å². The number of carbonyl (C=O) groups is 3. The lowest BCUT2D eigenvalue weighted by Gasteiger charge is -2.06. The summed E-state index contributed by atoms with van der Waals surface area (Å²) in [6.45, 7) is -0.448. The van der Waals surface area contributed by atoms with E-state index in [0.717, 1.165) is 4.47 Å². The van der Waals surface area contributed by atoms with Crippen LogP contribution < -0.4 is 15.8 Å².